The molecule has 1 aromatic rings. The summed E-state index contributed by atoms with van der Waals surface area (Å²) in [5, 5.41) is 0. The number of imide groups is 1. The Hall–Kier alpha value is -2.43. The van der Waals surface area contributed by atoms with Gasteiger partial charge in [-0.15, -0.1) is 0 Å². The molecule has 0 N–H and O–H groups in total. The molecule has 1 aromatic carbocycles. The van der Waals surface area contributed by atoms with Gasteiger partial charge < -0.3 is 4.74 Å². The number of methoxy groups -OCH3 is 1. The molecule has 0 bridgehead atoms. The van der Waals surface area contributed by atoms with Crippen LogP contribution in [0.3, 0.4) is 0 Å². The van der Waals surface area contributed by atoms with Crippen LogP contribution in [0.25, 0.3) is 0 Å². The smallest absolute Gasteiger partial charge is 0.337 e. The first kappa shape index (κ1) is 15.5. The Labute approximate surface area is 134 Å². The number of carbonyl (C=O) groups is 3. The van der Waals surface area contributed by atoms with Gasteiger partial charge in [0.15, 0.2) is 0 Å². The molecule has 23 heavy (non-hydrogen) atoms. The summed E-state index contributed by atoms with van der Waals surface area (Å²) in [6.07, 6.45) is 1.30. The van der Waals surface area contributed by atoms with Crippen LogP contribution >= 0.6 is 0 Å². The van der Waals surface area contributed by atoms with Crippen LogP contribution in [0.1, 0.15) is 37.0 Å². The fourth-order valence-corrected chi connectivity index (χ4v) is 3.37. The van der Waals surface area contributed by atoms with Crippen molar-refractivity contribution in [3.8, 4) is 0 Å². The SMILES string of the molecule is COC(=O)c1ccc(N2C(=O)[C@H]3CC(C)=C(C)C[C@H]3C2=O)cc1. The van der Waals surface area contributed by atoms with Crippen molar-refractivity contribution in [1.29, 1.82) is 0 Å². The number of amides is 2. The zero-order valence-electron chi connectivity index (χ0n) is 13.5. The van der Waals surface area contributed by atoms with E-state index < -0.39 is 5.97 Å². The molecule has 1 fully saturated rings. The van der Waals surface area contributed by atoms with E-state index in [0.29, 0.717) is 24.1 Å². The van der Waals surface area contributed by atoms with Crippen molar-refractivity contribution in [3.63, 3.8) is 0 Å². The van der Waals surface area contributed by atoms with Gasteiger partial charge in [-0.2, -0.15) is 0 Å². The minimum absolute atomic E-state index is 0.141. The van der Waals surface area contributed by atoms with Crippen LogP contribution in [0.5, 0.6) is 0 Å². The minimum Gasteiger partial charge on any atom is -0.465 e. The Kier molecular flexibility index (Phi) is 3.80. The molecule has 0 unspecified atom stereocenters. The maximum Gasteiger partial charge on any atom is 0.337 e. The van der Waals surface area contributed by atoms with Gasteiger partial charge in [0.2, 0.25) is 11.8 Å². The molecule has 1 saturated heterocycles. The van der Waals surface area contributed by atoms with Gasteiger partial charge in [0.1, 0.15) is 0 Å². The molecule has 2 amide bonds. The lowest BCUT2D eigenvalue weighted by molar-refractivity contribution is -0.122. The van der Waals surface area contributed by atoms with E-state index in [9.17, 15) is 14.4 Å². The predicted octanol–water partition coefficient (Wildman–Crippen LogP) is 2.71. The maximum atomic E-state index is 12.7. The molecular formula is C18H19NO4. The second-order valence-electron chi connectivity index (χ2n) is 6.23. The summed E-state index contributed by atoms with van der Waals surface area (Å²) < 4.78 is 4.65. The van der Waals surface area contributed by atoms with E-state index in [0.717, 1.165) is 0 Å². The van der Waals surface area contributed by atoms with E-state index in [-0.39, 0.29) is 23.7 Å². The third-order valence-corrected chi connectivity index (χ3v) is 4.89. The summed E-state index contributed by atoms with van der Waals surface area (Å²) in [4.78, 5) is 38.1. The van der Waals surface area contributed by atoms with Crippen LogP contribution in [0.2, 0.25) is 0 Å². The molecule has 0 saturated carbocycles. The molecule has 0 aromatic heterocycles. The largest absolute Gasteiger partial charge is 0.465 e. The molecule has 1 aliphatic carbocycles. The number of ether oxygens (including phenoxy) is 1. The van der Waals surface area contributed by atoms with Gasteiger partial charge in [0.25, 0.3) is 0 Å². The van der Waals surface area contributed by atoms with Crippen LogP contribution in [-0.4, -0.2) is 24.9 Å². The number of benzene rings is 1. The van der Waals surface area contributed by atoms with Gasteiger partial charge in [0.05, 0.1) is 30.2 Å². The van der Waals surface area contributed by atoms with Crippen LogP contribution in [0.4, 0.5) is 5.69 Å². The zero-order chi connectivity index (χ0) is 16.7. The Morgan fingerprint density at radius 3 is 1.91 bits per heavy atom. The van der Waals surface area contributed by atoms with Gasteiger partial charge >= 0.3 is 5.97 Å². The van der Waals surface area contributed by atoms with Gasteiger partial charge in [-0.05, 0) is 51.0 Å². The van der Waals surface area contributed by atoms with Crippen LogP contribution < -0.4 is 4.90 Å². The van der Waals surface area contributed by atoms with E-state index in [4.69, 9.17) is 0 Å². The number of anilines is 1. The van der Waals surface area contributed by atoms with Crippen molar-refractivity contribution in [1.82, 2.24) is 0 Å². The topological polar surface area (TPSA) is 63.7 Å². The highest BCUT2D eigenvalue weighted by molar-refractivity contribution is 6.22. The molecule has 120 valence electrons. The fourth-order valence-electron chi connectivity index (χ4n) is 3.37. The summed E-state index contributed by atoms with van der Waals surface area (Å²) in [6, 6.07) is 6.37. The Balaban J connectivity index is 1.89. The second kappa shape index (κ2) is 5.65. The second-order valence-corrected chi connectivity index (χ2v) is 6.23. The Morgan fingerprint density at radius 2 is 1.48 bits per heavy atom. The minimum atomic E-state index is -0.445. The monoisotopic (exact) mass is 313 g/mol. The zero-order valence-corrected chi connectivity index (χ0v) is 13.5. The van der Waals surface area contributed by atoms with Gasteiger partial charge in [-0.1, -0.05) is 11.1 Å². The number of hydrogen-bond acceptors (Lipinski definition) is 4. The third-order valence-electron chi connectivity index (χ3n) is 4.89. The average molecular weight is 313 g/mol. The van der Waals surface area contributed by atoms with Crippen molar-refractivity contribution in [2.45, 2.75) is 26.7 Å². The lowest BCUT2D eigenvalue weighted by atomic mass is 9.78. The quantitative estimate of drug-likeness (QED) is 0.478. The molecule has 0 radical (unpaired) electrons. The standard InChI is InChI=1S/C18H19NO4/c1-10-8-14-15(9-11(10)2)17(21)19(16(14)20)13-6-4-12(5-7-13)18(22)23-3/h4-7,14-15H,8-9H2,1-3H3/t14-,15+. The number of hydrogen-bond donors (Lipinski definition) is 0. The van der Waals surface area contributed by atoms with Crippen molar-refractivity contribution >= 4 is 23.5 Å². The van der Waals surface area contributed by atoms with Gasteiger partial charge in [0, 0.05) is 0 Å². The van der Waals surface area contributed by atoms with Crippen molar-refractivity contribution in [3.05, 3.63) is 41.0 Å². The number of rotatable bonds is 2. The van der Waals surface area contributed by atoms with Crippen LogP contribution in [0.15, 0.2) is 35.4 Å². The van der Waals surface area contributed by atoms with E-state index in [2.05, 4.69) is 4.74 Å². The van der Waals surface area contributed by atoms with Gasteiger partial charge in [-0.25, -0.2) is 4.79 Å². The predicted molar refractivity (Wildman–Crippen MR) is 84.9 cm³/mol. The molecular weight excluding hydrogens is 294 g/mol. The van der Waals surface area contributed by atoms with E-state index in [1.165, 1.54) is 23.2 Å². The molecule has 5 nitrogen and oxygen atoms in total. The molecule has 2 aliphatic rings. The number of fused-ring (bicyclic) bond motifs is 1. The van der Waals surface area contributed by atoms with Crippen molar-refractivity contribution < 1.29 is 19.1 Å². The Morgan fingerprint density at radius 1 is 1.00 bits per heavy atom. The highest BCUT2D eigenvalue weighted by atomic mass is 16.5. The maximum absolute atomic E-state index is 12.7. The average Bonchev–Trinajstić information content (AvgIpc) is 2.78. The lowest BCUT2D eigenvalue weighted by Gasteiger charge is -2.23. The first-order valence-corrected chi connectivity index (χ1v) is 7.65. The van der Waals surface area contributed by atoms with E-state index in [1.807, 2.05) is 13.8 Å². The fraction of sp³-hybridized carbons (Fsp3) is 0.389. The molecule has 3 rings (SSSR count). The molecule has 1 aliphatic heterocycles. The molecule has 0 spiro atoms. The highest BCUT2D eigenvalue weighted by Gasteiger charge is 2.49. The molecule has 1 heterocycles. The van der Waals surface area contributed by atoms with Crippen LogP contribution in [0, 0.1) is 11.8 Å². The number of carbonyl (C=O) groups excluding carboxylic acids is 3. The van der Waals surface area contributed by atoms with Crippen molar-refractivity contribution in [2.24, 2.45) is 11.8 Å². The summed E-state index contributed by atoms with van der Waals surface area (Å²) in [5.41, 5.74) is 3.31. The summed E-state index contributed by atoms with van der Waals surface area (Å²) in [5.74, 6) is -1.24. The normalized spacial score (nSPS) is 24.0. The number of esters is 1. The Bertz CT molecular complexity index is 685. The van der Waals surface area contributed by atoms with E-state index >= 15 is 0 Å². The van der Waals surface area contributed by atoms with E-state index in [1.54, 1.807) is 24.3 Å². The first-order chi connectivity index (χ1) is 10.9. The van der Waals surface area contributed by atoms with Gasteiger partial charge in [-0.3, -0.25) is 14.5 Å². The molecule has 5 heteroatoms. The summed E-state index contributed by atoms with van der Waals surface area (Å²) >= 11 is 0. The third kappa shape index (κ3) is 2.46. The number of nitrogens with zero attached hydrogens (tertiary/aromatic N) is 1. The lowest BCUT2D eigenvalue weighted by Crippen LogP contribution is -2.30. The number of allylic oxidation sites excluding steroid dienone is 2. The van der Waals surface area contributed by atoms with Crippen molar-refractivity contribution in [2.75, 3.05) is 12.0 Å². The summed E-state index contributed by atoms with van der Waals surface area (Å²) in [6.45, 7) is 4.05. The first-order valence-electron chi connectivity index (χ1n) is 7.65. The van der Waals surface area contributed by atoms with Crippen LogP contribution in [-0.2, 0) is 14.3 Å². The molecule has 2 atom stereocenters. The highest BCUT2D eigenvalue weighted by Crippen LogP contribution is 2.42. The summed E-state index contributed by atoms with van der Waals surface area (Å²) in [7, 11) is 1.31.